The Balaban J connectivity index is 5.24. The first-order valence-electron chi connectivity index (χ1n) is 44.5. The SMILES string of the molecule is CCCCCCCCCCCCCCCCCCCC(=O)OC[C@H](COP(=O)(O)OC[C@@H](O)COP(=O)(O)OC[C@@H](COC(=O)CCCCCCCCCCC(C)C)OC(=O)CCCCCCCCCCCCCCCCCC)OC(=O)CCCCCCCCCCCCCCCCCCCCC(C)C. The van der Waals surface area contributed by atoms with Gasteiger partial charge in [-0.3, -0.25) is 37.3 Å². The minimum Gasteiger partial charge on any atom is -0.462 e. The van der Waals surface area contributed by atoms with Crippen LogP contribution in [0.3, 0.4) is 0 Å². The minimum absolute atomic E-state index is 0.108. The van der Waals surface area contributed by atoms with E-state index in [4.69, 9.17) is 37.0 Å². The summed E-state index contributed by atoms with van der Waals surface area (Å²) in [6, 6.07) is 0. The van der Waals surface area contributed by atoms with E-state index in [0.717, 1.165) is 102 Å². The van der Waals surface area contributed by atoms with E-state index in [2.05, 4.69) is 41.5 Å². The lowest BCUT2D eigenvalue weighted by molar-refractivity contribution is -0.161. The highest BCUT2D eigenvalue weighted by Gasteiger charge is 2.30. The molecule has 0 aromatic carbocycles. The van der Waals surface area contributed by atoms with Crippen LogP contribution in [-0.4, -0.2) is 96.7 Å². The van der Waals surface area contributed by atoms with Gasteiger partial charge in [0.25, 0.3) is 0 Å². The van der Waals surface area contributed by atoms with Crippen molar-refractivity contribution in [2.24, 2.45) is 11.8 Å². The first kappa shape index (κ1) is 103. The van der Waals surface area contributed by atoms with Gasteiger partial charge in [0.05, 0.1) is 26.4 Å². The molecular formula is C86H168O17P2. The van der Waals surface area contributed by atoms with Crippen LogP contribution in [0.25, 0.3) is 0 Å². The Hall–Kier alpha value is -1.94. The third-order valence-corrected chi connectivity index (χ3v) is 22.1. The third-order valence-electron chi connectivity index (χ3n) is 20.2. The second-order valence-electron chi connectivity index (χ2n) is 31.9. The Bertz CT molecular complexity index is 2010. The molecular weight excluding hydrogens is 1370 g/mol. The molecule has 0 rings (SSSR count). The zero-order valence-corrected chi connectivity index (χ0v) is 70.8. The molecule has 0 saturated heterocycles. The molecule has 17 nitrogen and oxygen atoms in total. The Kier molecular flexibility index (Phi) is 76.0. The second-order valence-corrected chi connectivity index (χ2v) is 34.8. The van der Waals surface area contributed by atoms with Gasteiger partial charge in [0.2, 0.25) is 0 Å². The van der Waals surface area contributed by atoms with Gasteiger partial charge in [-0.15, -0.1) is 0 Å². The molecule has 624 valence electrons. The van der Waals surface area contributed by atoms with E-state index in [9.17, 15) is 43.2 Å². The van der Waals surface area contributed by atoms with Crippen molar-refractivity contribution in [1.29, 1.82) is 0 Å². The summed E-state index contributed by atoms with van der Waals surface area (Å²) < 4.78 is 68.9. The fraction of sp³-hybridized carbons (Fsp3) is 0.953. The molecule has 0 saturated carbocycles. The van der Waals surface area contributed by atoms with Crippen LogP contribution in [0.5, 0.6) is 0 Å². The molecule has 0 bridgehead atoms. The number of phosphoric acid groups is 2. The molecule has 105 heavy (non-hydrogen) atoms. The zero-order chi connectivity index (χ0) is 77.1. The number of phosphoric ester groups is 2. The lowest BCUT2D eigenvalue weighted by atomic mass is 10.0. The fourth-order valence-corrected chi connectivity index (χ4v) is 15.0. The predicted octanol–water partition coefficient (Wildman–Crippen LogP) is 26.2. The summed E-state index contributed by atoms with van der Waals surface area (Å²) in [7, 11) is -9.93. The van der Waals surface area contributed by atoms with Crippen molar-refractivity contribution in [2.45, 2.75) is 477 Å². The van der Waals surface area contributed by atoms with E-state index >= 15 is 0 Å². The predicted molar refractivity (Wildman–Crippen MR) is 432 cm³/mol. The summed E-state index contributed by atoms with van der Waals surface area (Å²) in [6.07, 6.45) is 69.4. The van der Waals surface area contributed by atoms with Crippen molar-refractivity contribution >= 4 is 39.5 Å². The highest BCUT2D eigenvalue weighted by molar-refractivity contribution is 7.47. The first-order valence-corrected chi connectivity index (χ1v) is 47.5. The van der Waals surface area contributed by atoms with Gasteiger partial charge in [-0.2, -0.15) is 0 Å². The van der Waals surface area contributed by atoms with Crippen LogP contribution < -0.4 is 0 Å². The van der Waals surface area contributed by atoms with Crippen LogP contribution in [0.4, 0.5) is 0 Å². The van der Waals surface area contributed by atoms with E-state index in [1.54, 1.807) is 0 Å². The molecule has 5 atom stereocenters. The van der Waals surface area contributed by atoms with Gasteiger partial charge in [0, 0.05) is 25.7 Å². The Morgan fingerprint density at radius 1 is 0.257 bits per heavy atom. The normalized spacial score (nSPS) is 13.8. The zero-order valence-electron chi connectivity index (χ0n) is 69.0. The summed E-state index contributed by atoms with van der Waals surface area (Å²) >= 11 is 0. The van der Waals surface area contributed by atoms with Crippen molar-refractivity contribution in [2.75, 3.05) is 39.6 Å². The number of esters is 4. The Labute approximate surface area is 645 Å². The number of aliphatic hydroxyl groups excluding tert-OH is 1. The molecule has 0 aliphatic carbocycles. The maximum Gasteiger partial charge on any atom is 0.472 e. The van der Waals surface area contributed by atoms with E-state index in [1.807, 2.05) is 0 Å². The van der Waals surface area contributed by atoms with Crippen LogP contribution >= 0.6 is 15.6 Å². The number of rotatable bonds is 85. The molecule has 0 radical (unpaired) electrons. The van der Waals surface area contributed by atoms with Crippen LogP contribution in [0.15, 0.2) is 0 Å². The molecule has 0 aromatic heterocycles. The standard InChI is InChI=1S/C86H168O17P2/c1-7-9-11-13-15-17-19-21-23-27-32-35-39-43-50-56-62-68-83(88)96-74-81(102-85(90)71-65-59-53-45-41-37-33-29-26-25-28-30-34-38-42-48-54-60-66-78(3)4)76-100-104(92,93)98-72-80(87)73-99-105(94,95)101-77-82(75-97-84(89)69-63-57-51-47-46-49-55-61-67-79(5)6)103-86(91)70-64-58-52-44-40-36-31-24-22-20-18-16-14-12-10-8-2/h78-82,87H,7-77H2,1-6H3,(H,92,93)(H,94,95)/t80-,81-,82-/m1/s1. The van der Waals surface area contributed by atoms with Crippen LogP contribution in [-0.2, 0) is 65.4 Å². The van der Waals surface area contributed by atoms with Gasteiger partial charge in [0.1, 0.15) is 19.3 Å². The number of hydrogen-bond donors (Lipinski definition) is 3. The number of hydrogen-bond acceptors (Lipinski definition) is 15. The van der Waals surface area contributed by atoms with Crippen molar-refractivity contribution in [1.82, 2.24) is 0 Å². The molecule has 0 aromatic rings. The van der Waals surface area contributed by atoms with Gasteiger partial charge in [-0.05, 0) is 37.5 Å². The number of carbonyl (C=O) groups excluding carboxylic acids is 4. The van der Waals surface area contributed by atoms with Gasteiger partial charge < -0.3 is 33.8 Å². The Morgan fingerprint density at radius 3 is 0.648 bits per heavy atom. The summed E-state index contributed by atoms with van der Waals surface area (Å²) in [5.74, 6) is -0.554. The third kappa shape index (κ3) is 79.9. The van der Waals surface area contributed by atoms with Gasteiger partial charge >= 0.3 is 39.5 Å². The smallest absolute Gasteiger partial charge is 0.462 e. The summed E-state index contributed by atoms with van der Waals surface area (Å²) in [6.45, 7) is 9.68. The molecule has 0 aliphatic rings. The lowest BCUT2D eigenvalue weighted by Crippen LogP contribution is -2.30. The van der Waals surface area contributed by atoms with Gasteiger partial charge in [0.15, 0.2) is 12.2 Å². The second kappa shape index (κ2) is 77.4. The maximum atomic E-state index is 13.1. The average Bonchev–Trinajstić information content (AvgIpc) is 0.912. The van der Waals surface area contributed by atoms with E-state index < -0.39 is 97.5 Å². The fourth-order valence-electron chi connectivity index (χ4n) is 13.4. The average molecular weight is 1540 g/mol. The highest BCUT2D eigenvalue weighted by atomic mass is 31.2. The number of unbranched alkanes of at least 4 members (excludes halogenated alkanes) is 55. The molecule has 0 amide bonds. The van der Waals surface area contributed by atoms with E-state index in [1.165, 1.54) is 276 Å². The molecule has 0 aliphatic heterocycles. The molecule has 19 heteroatoms. The van der Waals surface area contributed by atoms with Crippen molar-refractivity contribution in [3.05, 3.63) is 0 Å². The molecule has 0 fully saturated rings. The first-order chi connectivity index (χ1) is 50.9. The summed E-state index contributed by atoms with van der Waals surface area (Å²) in [4.78, 5) is 73.2. The lowest BCUT2D eigenvalue weighted by Gasteiger charge is -2.21. The van der Waals surface area contributed by atoms with Crippen LogP contribution in [0, 0.1) is 11.8 Å². The molecule has 0 heterocycles. The van der Waals surface area contributed by atoms with Gasteiger partial charge in [-0.25, -0.2) is 9.13 Å². The molecule has 0 spiro atoms. The van der Waals surface area contributed by atoms with Crippen molar-refractivity contribution in [3.8, 4) is 0 Å². The van der Waals surface area contributed by atoms with Crippen molar-refractivity contribution in [3.63, 3.8) is 0 Å². The molecule has 3 N–H and O–H groups in total. The van der Waals surface area contributed by atoms with E-state index in [-0.39, 0.29) is 25.7 Å². The Morgan fingerprint density at radius 2 is 0.438 bits per heavy atom. The van der Waals surface area contributed by atoms with E-state index in [0.29, 0.717) is 25.7 Å². The largest absolute Gasteiger partial charge is 0.472 e. The monoisotopic (exact) mass is 1540 g/mol. The number of aliphatic hydroxyl groups is 1. The minimum atomic E-state index is -4.97. The van der Waals surface area contributed by atoms with Crippen molar-refractivity contribution < 1.29 is 80.2 Å². The summed E-state index contributed by atoms with van der Waals surface area (Å²) in [5, 5.41) is 10.7. The van der Waals surface area contributed by atoms with Crippen LogP contribution in [0.1, 0.15) is 459 Å². The van der Waals surface area contributed by atoms with Crippen LogP contribution in [0.2, 0.25) is 0 Å². The maximum absolute atomic E-state index is 13.1. The highest BCUT2D eigenvalue weighted by Crippen LogP contribution is 2.45. The number of carbonyl (C=O) groups is 4. The molecule has 2 unspecified atom stereocenters. The summed E-state index contributed by atoms with van der Waals surface area (Å²) in [5.41, 5.74) is 0. The topological polar surface area (TPSA) is 237 Å². The number of ether oxygens (including phenoxy) is 4. The quantitative estimate of drug-likeness (QED) is 0.0222. The van der Waals surface area contributed by atoms with Gasteiger partial charge in [-0.1, -0.05) is 408 Å².